The molecule has 1 aromatic carbocycles. The van der Waals surface area contributed by atoms with Crippen LogP contribution in [0.15, 0.2) is 43.0 Å². The molecule has 2 unspecified atom stereocenters. The summed E-state index contributed by atoms with van der Waals surface area (Å²) in [6.07, 6.45) is 7.50. The van der Waals surface area contributed by atoms with Crippen LogP contribution in [-0.2, 0) is 0 Å². The average Bonchev–Trinajstić information content (AvgIpc) is 2.55. The van der Waals surface area contributed by atoms with Gasteiger partial charge in [-0.2, -0.15) is 0 Å². The fraction of sp³-hybridized carbons (Fsp3) is 0.412. The molecule has 0 saturated heterocycles. The smallest absolute Gasteiger partial charge is 0.122 e. The first kappa shape index (κ1) is 14.0. The second-order valence-corrected chi connectivity index (χ2v) is 5.39. The Morgan fingerprint density at radius 3 is 2.90 bits per heavy atom. The molecule has 3 rings (SSSR count). The highest BCUT2D eigenvalue weighted by molar-refractivity contribution is 5.38. The highest BCUT2D eigenvalue weighted by Gasteiger charge is 2.25. The van der Waals surface area contributed by atoms with E-state index in [0.29, 0.717) is 5.92 Å². The quantitative estimate of drug-likeness (QED) is 0.916. The molecule has 0 spiro atoms. The molecule has 2 aromatic rings. The molecule has 1 aliphatic heterocycles. The van der Waals surface area contributed by atoms with Crippen molar-refractivity contribution in [2.75, 3.05) is 13.2 Å². The zero-order valence-corrected chi connectivity index (χ0v) is 12.3. The molecule has 0 bridgehead atoms. The molecule has 0 fully saturated rings. The van der Waals surface area contributed by atoms with E-state index >= 15 is 0 Å². The molecule has 0 amide bonds. The third kappa shape index (κ3) is 3.22. The zero-order valence-electron chi connectivity index (χ0n) is 12.3. The fourth-order valence-corrected chi connectivity index (χ4v) is 3.02. The Morgan fingerprint density at radius 1 is 1.29 bits per heavy atom. The number of hydrogen-bond donors (Lipinski definition) is 1. The maximum absolute atomic E-state index is 5.76. The third-order valence-corrected chi connectivity index (χ3v) is 4.04. The van der Waals surface area contributed by atoms with Gasteiger partial charge in [-0.05, 0) is 36.9 Å². The van der Waals surface area contributed by atoms with Crippen LogP contribution < -0.4 is 10.1 Å². The van der Waals surface area contributed by atoms with Gasteiger partial charge in [0.05, 0.1) is 6.61 Å². The molecule has 1 aliphatic rings. The van der Waals surface area contributed by atoms with E-state index in [1.165, 1.54) is 5.56 Å². The number of benzene rings is 1. The van der Waals surface area contributed by atoms with Gasteiger partial charge in [0.15, 0.2) is 0 Å². The lowest BCUT2D eigenvalue weighted by atomic mass is 9.86. The molecule has 1 aromatic heterocycles. The minimum atomic E-state index is 0.285. The third-order valence-electron chi connectivity index (χ3n) is 4.04. The molecule has 2 atom stereocenters. The van der Waals surface area contributed by atoms with Gasteiger partial charge in [0, 0.05) is 24.0 Å². The van der Waals surface area contributed by atoms with Crippen LogP contribution in [-0.4, -0.2) is 23.1 Å². The predicted molar refractivity (Wildman–Crippen MR) is 82.4 cm³/mol. The van der Waals surface area contributed by atoms with Crippen molar-refractivity contribution in [1.82, 2.24) is 15.3 Å². The summed E-state index contributed by atoms with van der Waals surface area (Å²) >= 11 is 0. The van der Waals surface area contributed by atoms with Crippen molar-refractivity contribution in [1.29, 1.82) is 0 Å². The maximum atomic E-state index is 5.76. The van der Waals surface area contributed by atoms with E-state index < -0.39 is 0 Å². The van der Waals surface area contributed by atoms with E-state index in [9.17, 15) is 0 Å². The molecule has 21 heavy (non-hydrogen) atoms. The van der Waals surface area contributed by atoms with E-state index in [-0.39, 0.29) is 6.04 Å². The Labute approximate surface area is 125 Å². The number of fused-ring (bicyclic) bond motifs is 1. The number of para-hydroxylation sites is 1. The van der Waals surface area contributed by atoms with Gasteiger partial charge in [0.2, 0.25) is 0 Å². The van der Waals surface area contributed by atoms with Crippen molar-refractivity contribution in [3.8, 4) is 5.75 Å². The number of hydrogen-bond acceptors (Lipinski definition) is 4. The number of rotatable bonds is 5. The monoisotopic (exact) mass is 283 g/mol. The molecular formula is C17H21N3O. The molecular weight excluding hydrogens is 262 g/mol. The van der Waals surface area contributed by atoms with Crippen LogP contribution in [0.2, 0.25) is 0 Å². The average molecular weight is 283 g/mol. The highest BCUT2D eigenvalue weighted by Crippen LogP contribution is 2.38. The Morgan fingerprint density at radius 2 is 2.10 bits per heavy atom. The normalized spacial score (nSPS) is 18.6. The summed E-state index contributed by atoms with van der Waals surface area (Å²) in [4.78, 5) is 8.30. The molecule has 1 N–H and O–H groups in total. The molecule has 110 valence electrons. The van der Waals surface area contributed by atoms with Gasteiger partial charge in [-0.1, -0.05) is 25.1 Å². The summed E-state index contributed by atoms with van der Waals surface area (Å²) in [6, 6.07) is 8.66. The predicted octanol–water partition coefficient (Wildman–Crippen LogP) is 3.08. The number of ether oxygens (including phenoxy) is 1. The lowest BCUT2D eigenvalue weighted by molar-refractivity contribution is 0.255. The summed E-state index contributed by atoms with van der Waals surface area (Å²) in [5.41, 5.74) is 2.48. The Bertz CT molecular complexity index is 573. The molecule has 0 aliphatic carbocycles. The second-order valence-electron chi connectivity index (χ2n) is 5.39. The first-order valence-corrected chi connectivity index (χ1v) is 7.58. The van der Waals surface area contributed by atoms with E-state index in [0.717, 1.165) is 37.3 Å². The summed E-state index contributed by atoms with van der Waals surface area (Å²) in [5.74, 6) is 1.55. The van der Waals surface area contributed by atoms with Crippen LogP contribution in [0, 0.1) is 0 Å². The fourth-order valence-electron chi connectivity index (χ4n) is 3.02. The number of aromatic nitrogens is 2. The topological polar surface area (TPSA) is 47.0 Å². The van der Waals surface area contributed by atoms with Gasteiger partial charge in [-0.25, -0.2) is 9.97 Å². The molecule has 2 heterocycles. The maximum Gasteiger partial charge on any atom is 0.122 e. The minimum absolute atomic E-state index is 0.285. The van der Waals surface area contributed by atoms with Crippen molar-refractivity contribution in [2.24, 2.45) is 0 Å². The largest absolute Gasteiger partial charge is 0.493 e. The molecule has 0 saturated carbocycles. The molecule has 0 radical (unpaired) electrons. The van der Waals surface area contributed by atoms with Crippen molar-refractivity contribution in [3.63, 3.8) is 0 Å². The van der Waals surface area contributed by atoms with Crippen LogP contribution in [0.25, 0.3) is 0 Å². The van der Waals surface area contributed by atoms with Crippen LogP contribution in [0.4, 0.5) is 0 Å². The van der Waals surface area contributed by atoms with Crippen LogP contribution in [0.5, 0.6) is 5.75 Å². The van der Waals surface area contributed by atoms with E-state index in [1.54, 1.807) is 6.33 Å². The Balaban J connectivity index is 1.81. The lowest BCUT2D eigenvalue weighted by Gasteiger charge is -2.29. The number of nitrogens with one attached hydrogen (secondary N) is 1. The van der Waals surface area contributed by atoms with Gasteiger partial charge in [0.1, 0.15) is 12.1 Å². The van der Waals surface area contributed by atoms with Gasteiger partial charge < -0.3 is 10.1 Å². The zero-order chi connectivity index (χ0) is 14.5. The van der Waals surface area contributed by atoms with Crippen molar-refractivity contribution in [3.05, 3.63) is 54.1 Å². The van der Waals surface area contributed by atoms with Gasteiger partial charge >= 0.3 is 0 Å². The van der Waals surface area contributed by atoms with E-state index in [2.05, 4.69) is 40.4 Å². The Kier molecular flexibility index (Phi) is 4.46. The molecule has 4 nitrogen and oxygen atoms in total. The van der Waals surface area contributed by atoms with Crippen molar-refractivity contribution in [2.45, 2.75) is 31.7 Å². The summed E-state index contributed by atoms with van der Waals surface area (Å²) in [7, 11) is 0. The molecule has 4 heteroatoms. The van der Waals surface area contributed by atoms with E-state index in [4.69, 9.17) is 4.74 Å². The van der Waals surface area contributed by atoms with Gasteiger partial charge in [-0.3, -0.25) is 0 Å². The number of nitrogens with zero attached hydrogens (tertiary/aromatic N) is 2. The summed E-state index contributed by atoms with van der Waals surface area (Å²) in [5, 5.41) is 3.56. The van der Waals surface area contributed by atoms with Gasteiger partial charge in [0.25, 0.3) is 0 Å². The first-order valence-electron chi connectivity index (χ1n) is 7.58. The first-order chi connectivity index (χ1) is 10.4. The van der Waals surface area contributed by atoms with E-state index in [1.807, 2.05) is 18.5 Å². The standard InChI is InChI=1S/C17H21N3O/c1-2-20-16(14-10-18-12-19-11-14)9-13-7-8-21-17-6-4-3-5-15(13)17/h3-6,10-13,16,20H,2,7-9H2,1H3. The van der Waals surface area contributed by atoms with Crippen LogP contribution >= 0.6 is 0 Å². The minimum Gasteiger partial charge on any atom is -0.493 e. The lowest BCUT2D eigenvalue weighted by Crippen LogP contribution is -2.25. The van der Waals surface area contributed by atoms with Gasteiger partial charge in [-0.15, -0.1) is 0 Å². The SMILES string of the molecule is CCNC(CC1CCOc2ccccc21)c1cncnc1. The summed E-state index contributed by atoms with van der Waals surface area (Å²) < 4.78 is 5.76. The van der Waals surface area contributed by atoms with Crippen molar-refractivity contribution < 1.29 is 4.74 Å². The highest BCUT2D eigenvalue weighted by atomic mass is 16.5. The summed E-state index contributed by atoms with van der Waals surface area (Å²) in [6.45, 7) is 3.87. The van der Waals surface area contributed by atoms with Crippen LogP contribution in [0.3, 0.4) is 0 Å². The second kappa shape index (κ2) is 6.68. The van der Waals surface area contributed by atoms with Crippen molar-refractivity contribution >= 4 is 0 Å². The van der Waals surface area contributed by atoms with Crippen LogP contribution in [0.1, 0.15) is 42.9 Å². The Hall–Kier alpha value is -1.94.